The molecule has 0 aromatic carbocycles. The molecule has 3 heteroatoms. The zero-order valence-electron chi connectivity index (χ0n) is 7.57. The highest BCUT2D eigenvalue weighted by Crippen LogP contribution is 2.37. The standard InChI is InChI=1S/C10H15NOS/c11-10(9-5-3-7-13-9)6-2-1-4-8(10)12/h3,5,7-8,12H,1-2,4,6,11H2/t8-,10+/m1/s1. The lowest BCUT2D eigenvalue weighted by Crippen LogP contribution is -2.49. The van der Waals surface area contributed by atoms with Gasteiger partial charge in [0, 0.05) is 4.88 Å². The number of hydrogen-bond donors (Lipinski definition) is 2. The molecule has 3 N–H and O–H groups in total. The Hall–Kier alpha value is -0.380. The fourth-order valence-corrected chi connectivity index (χ4v) is 2.93. The van der Waals surface area contributed by atoms with Gasteiger partial charge in [-0.2, -0.15) is 0 Å². The van der Waals surface area contributed by atoms with Gasteiger partial charge >= 0.3 is 0 Å². The predicted molar refractivity (Wildman–Crippen MR) is 54.7 cm³/mol. The highest BCUT2D eigenvalue weighted by Gasteiger charge is 2.38. The fraction of sp³-hybridized carbons (Fsp3) is 0.600. The summed E-state index contributed by atoms with van der Waals surface area (Å²) >= 11 is 1.65. The second kappa shape index (κ2) is 3.40. The Morgan fingerprint density at radius 3 is 3.00 bits per heavy atom. The van der Waals surface area contributed by atoms with Crippen LogP contribution in [0.4, 0.5) is 0 Å². The van der Waals surface area contributed by atoms with Crippen LogP contribution >= 0.6 is 11.3 Å². The van der Waals surface area contributed by atoms with E-state index >= 15 is 0 Å². The Bertz CT molecular complexity index is 272. The molecule has 0 spiro atoms. The van der Waals surface area contributed by atoms with E-state index in [0.29, 0.717) is 0 Å². The summed E-state index contributed by atoms with van der Waals surface area (Å²) in [5.74, 6) is 0. The van der Waals surface area contributed by atoms with E-state index in [1.165, 1.54) is 0 Å². The van der Waals surface area contributed by atoms with E-state index in [4.69, 9.17) is 5.73 Å². The molecule has 0 saturated heterocycles. The highest BCUT2D eigenvalue weighted by atomic mass is 32.1. The van der Waals surface area contributed by atoms with Gasteiger partial charge in [0.25, 0.3) is 0 Å². The third kappa shape index (κ3) is 1.52. The monoisotopic (exact) mass is 197 g/mol. The third-order valence-corrected chi connectivity index (χ3v) is 3.96. The molecule has 2 rings (SSSR count). The van der Waals surface area contributed by atoms with Gasteiger partial charge in [-0.15, -0.1) is 11.3 Å². The van der Waals surface area contributed by atoms with E-state index in [2.05, 4.69) is 0 Å². The molecule has 2 atom stereocenters. The van der Waals surface area contributed by atoms with Crippen molar-refractivity contribution in [2.45, 2.75) is 37.3 Å². The molecule has 1 aliphatic carbocycles. The first kappa shape index (κ1) is 9.19. The largest absolute Gasteiger partial charge is 0.391 e. The van der Waals surface area contributed by atoms with Crippen LogP contribution in [0.3, 0.4) is 0 Å². The summed E-state index contributed by atoms with van der Waals surface area (Å²) in [6.07, 6.45) is 3.62. The van der Waals surface area contributed by atoms with Gasteiger partial charge < -0.3 is 10.8 Å². The minimum absolute atomic E-state index is 0.361. The Balaban J connectivity index is 2.27. The van der Waals surface area contributed by atoms with E-state index in [9.17, 15) is 5.11 Å². The second-order valence-electron chi connectivity index (χ2n) is 3.78. The van der Waals surface area contributed by atoms with Crippen molar-refractivity contribution in [2.24, 2.45) is 5.73 Å². The molecule has 1 fully saturated rings. The molecular formula is C10H15NOS. The highest BCUT2D eigenvalue weighted by molar-refractivity contribution is 7.10. The van der Waals surface area contributed by atoms with Gasteiger partial charge in [0.2, 0.25) is 0 Å². The number of aliphatic hydroxyl groups is 1. The van der Waals surface area contributed by atoms with Crippen molar-refractivity contribution in [3.05, 3.63) is 22.4 Å². The van der Waals surface area contributed by atoms with Crippen LogP contribution in [0, 0.1) is 0 Å². The van der Waals surface area contributed by atoms with Crippen molar-refractivity contribution < 1.29 is 5.11 Å². The van der Waals surface area contributed by atoms with Crippen LogP contribution in [-0.4, -0.2) is 11.2 Å². The van der Waals surface area contributed by atoms with Crippen molar-refractivity contribution in [3.63, 3.8) is 0 Å². The topological polar surface area (TPSA) is 46.2 Å². The van der Waals surface area contributed by atoms with Crippen molar-refractivity contribution in [2.75, 3.05) is 0 Å². The average Bonchev–Trinajstić information content (AvgIpc) is 2.63. The molecule has 1 saturated carbocycles. The molecule has 2 nitrogen and oxygen atoms in total. The molecule has 1 aromatic rings. The van der Waals surface area contributed by atoms with E-state index in [-0.39, 0.29) is 6.10 Å². The predicted octanol–water partition coefficient (Wildman–Crippen LogP) is 1.84. The van der Waals surface area contributed by atoms with Crippen LogP contribution in [0.5, 0.6) is 0 Å². The maximum absolute atomic E-state index is 9.88. The van der Waals surface area contributed by atoms with Crippen molar-refractivity contribution in [1.82, 2.24) is 0 Å². The molecule has 0 amide bonds. The Labute approximate surface area is 82.4 Å². The molecule has 0 bridgehead atoms. The van der Waals surface area contributed by atoms with Crippen LogP contribution in [0.25, 0.3) is 0 Å². The minimum atomic E-state index is -0.466. The van der Waals surface area contributed by atoms with Gasteiger partial charge in [0.15, 0.2) is 0 Å². The summed E-state index contributed by atoms with van der Waals surface area (Å²) < 4.78 is 0. The first-order valence-electron chi connectivity index (χ1n) is 4.74. The van der Waals surface area contributed by atoms with Gasteiger partial charge in [-0.25, -0.2) is 0 Å². The van der Waals surface area contributed by atoms with Gasteiger partial charge in [0.1, 0.15) is 0 Å². The zero-order valence-corrected chi connectivity index (χ0v) is 8.39. The quantitative estimate of drug-likeness (QED) is 0.721. The Morgan fingerprint density at radius 1 is 1.54 bits per heavy atom. The van der Waals surface area contributed by atoms with E-state index in [1.807, 2.05) is 17.5 Å². The lowest BCUT2D eigenvalue weighted by atomic mass is 9.79. The molecule has 1 heterocycles. The van der Waals surface area contributed by atoms with Crippen LogP contribution in [0.2, 0.25) is 0 Å². The average molecular weight is 197 g/mol. The van der Waals surface area contributed by atoms with E-state index in [0.717, 1.165) is 30.6 Å². The summed E-state index contributed by atoms with van der Waals surface area (Å²) in [4.78, 5) is 1.12. The normalized spacial score (nSPS) is 34.8. The van der Waals surface area contributed by atoms with Crippen LogP contribution in [0.15, 0.2) is 17.5 Å². The molecule has 72 valence electrons. The van der Waals surface area contributed by atoms with Crippen molar-refractivity contribution in [1.29, 1.82) is 0 Å². The summed E-state index contributed by atoms with van der Waals surface area (Å²) in [7, 11) is 0. The molecule has 0 unspecified atom stereocenters. The van der Waals surface area contributed by atoms with Crippen LogP contribution in [-0.2, 0) is 5.54 Å². The summed E-state index contributed by atoms with van der Waals surface area (Å²) in [6.45, 7) is 0. The lowest BCUT2D eigenvalue weighted by molar-refractivity contribution is 0.0470. The summed E-state index contributed by atoms with van der Waals surface area (Å²) in [5.41, 5.74) is 5.76. The zero-order chi connectivity index (χ0) is 9.31. The first-order valence-corrected chi connectivity index (χ1v) is 5.62. The van der Waals surface area contributed by atoms with Crippen LogP contribution < -0.4 is 5.73 Å². The fourth-order valence-electron chi connectivity index (χ4n) is 2.01. The van der Waals surface area contributed by atoms with Crippen molar-refractivity contribution in [3.8, 4) is 0 Å². The molecule has 13 heavy (non-hydrogen) atoms. The Kier molecular flexibility index (Phi) is 2.41. The second-order valence-corrected chi connectivity index (χ2v) is 4.73. The van der Waals surface area contributed by atoms with Gasteiger partial charge in [-0.1, -0.05) is 18.9 Å². The smallest absolute Gasteiger partial charge is 0.0769 e. The molecular weight excluding hydrogens is 182 g/mol. The van der Waals surface area contributed by atoms with Gasteiger partial charge in [-0.05, 0) is 24.3 Å². The van der Waals surface area contributed by atoms with Gasteiger partial charge in [-0.3, -0.25) is 0 Å². The first-order chi connectivity index (χ1) is 6.23. The molecule has 1 aromatic heterocycles. The summed E-state index contributed by atoms with van der Waals surface area (Å²) in [6, 6.07) is 4.02. The van der Waals surface area contributed by atoms with E-state index in [1.54, 1.807) is 11.3 Å². The number of rotatable bonds is 1. The SMILES string of the molecule is N[C@@]1(c2cccs2)CCCC[C@H]1O. The maximum atomic E-state index is 9.88. The number of hydrogen-bond acceptors (Lipinski definition) is 3. The molecule has 0 aliphatic heterocycles. The third-order valence-electron chi connectivity index (χ3n) is 2.89. The maximum Gasteiger partial charge on any atom is 0.0769 e. The number of nitrogens with two attached hydrogens (primary N) is 1. The number of aliphatic hydroxyl groups excluding tert-OH is 1. The lowest BCUT2D eigenvalue weighted by Gasteiger charge is -2.37. The number of thiophene rings is 1. The van der Waals surface area contributed by atoms with Crippen molar-refractivity contribution >= 4 is 11.3 Å². The van der Waals surface area contributed by atoms with Gasteiger partial charge in [0.05, 0.1) is 11.6 Å². The summed E-state index contributed by atoms with van der Waals surface area (Å²) in [5, 5.41) is 11.9. The van der Waals surface area contributed by atoms with E-state index < -0.39 is 5.54 Å². The van der Waals surface area contributed by atoms with Crippen LogP contribution in [0.1, 0.15) is 30.6 Å². The Morgan fingerprint density at radius 2 is 2.38 bits per heavy atom. The molecule has 0 radical (unpaired) electrons. The minimum Gasteiger partial charge on any atom is -0.391 e. The molecule has 1 aliphatic rings.